The van der Waals surface area contributed by atoms with Gasteiger partial charge >= 0.3 is 0 Å². The van der Waals surface area contributed by atoms with E-state index in [0.29, 0.717) is 5.92 Å². The molecule has 0 saturated carbocycles. The predicted octanol–water partition coefficient (Wildman–Crippen LogP) is 5.98. The smallest absolute Gasteiger partial charge is 0.152 e. The minimum atomic E-state index is 0.0185. The van der Waals surface area contributed by atoms with Crippen molar-refractivity contribution in [1.29, 1.82) is 0 Å². The van der Waals surface area contributed by atoms with Crippen molar-refractivity contribution < 1.29 is 4.79 Å². The van der Waals surface area contributed by atoms with Crippen LogP contribution >= 0.6 is 15.9 Å². The number of rotatable bonds is 2. The minimum Gasteiger partial charge on any atom is -0.295 e. The van der Waals surface area contributed by atoms with Gasteiger partial charge in [0.15, 0.2) is 5.78 Å². The third kappa shape index (κ3) is 8.77. The summed E-state index contributed by atoms with van der Waals surface area (Å²) in [6.07, 6.45) is 1.28. The molecule has 0 N–H and O–H groups in total. The molecule has 0 heterocycles. The second-order valence-electron chi connectivity index (χ2n) is 4.42. The van der Waals surface area contributed by atoms with Gasteiger partial charge in [0, 0.05) is 4.47 Å². The Labute approximate surface area is 127 Å². The van der Waals surface area contributed by atoms with Crippen molar-refractivity contribution in [3.05, 3.63) is 46.0 Å². The van der Waals surface area contributed by atoms with Gasteiger partial charge < -0.3 is 0 Å². The summed E-state index contributed by atoms with van der Waals surface area (Å²) in [6, 6.07) is 4.37. The van der Waals surface area contributed by atoms with Crippen LogP contribution < -0.4 is 0 Å². The highest BCUT2D eigenvalue weighted by atomic mass is 79.9. The molecule has 1 rings (SSSR count). The topological polar surface area (TPSA) is 17.1 Å². The van der Waals surface area contributed by atoms with Crippen molar-refractivity contribution in [3.63, 3.8) is 0 Å². The lowest BCUT2D eigenvalue weighted by molar-refractivity contribution is -0.112. The lowest BCUT2D eigenvalue weighted by Gasteiger charge is -2.13. The molecule has 0 unspecified atom stereocenters. The Kier molecular flexibility index (Phi) is 11.8. The van der Waals surface area contributed by atoms with Crippen LogP contribution in [-0.4, -0.2) is 5.78 Å². The molecule has 1 nitrogen and oxygen atoms in total. The first-order chi connectivity index (χ1) is 8.79. The first kappa shape index (κ1) is 20.4. The molecule has 0 atom stereocenters. The zero-order valence-electron chi connectivity index (χ0n) is 13.3. The molecule has 0 radical (unpaired) electrons. The van der Waals surface area contributed by atoms with Crippen LogP contribution in [0.2, 0.25) is 0 Å². The third-order valence-electron chi connectivity index (χ3n) is 2.42. The van der Waals surface area contributed by atoms with Crippen molar-refractivity contribution in [2.24, 2.45) is 0 Å². The Balaban J connectivity index is 0. The summed E-state index contributed by atoms with van der Waals surface area (Å²) in [7, 11) is 0. The summed E-state index contributed by atoms with van der Waals surface area (Å²) in [4.78, 5) is 9.69. The average Bonchev–Trinajstić information content (AvgIpc) is 2.30. The molecule has 0 spiro atoms. The Bertz CT molecular complexity index is 383. The van der Waals surface area contributed by atoms with E-state index in [1.54, 1.807) is 0 Å². The Morgan fingerprint density at radius 1 is 1.21 bits per heavy atom. The fraction of sp³-hybridized carbons (Fsp3) is 0.471. The van der Waals surface area contributed by atoms with Crippen molar-refractivity contribution >= 4 is 21.7 Å². The molecular weight excluding hydrogens is 300 g/mol. The highest BCUT2D eigenvalue weighted by Crippen LogP contribution is 2.26. The molecule has 108 valence electrons. The van der Waals surface area contributed by atoms with Crippen LogP contribution in [0.4, 0.5) is 0 Å². The number of hydrogen-bond acceptors (Lipinski definition) is 1. The van der Waals surface area contributed by atoms with Crippen molar-refractivity contribution in [1.82, 2.24) is 0 Å². The molecule has 0 fully saturated rings. The molecule has 0 aromatic heterocycles. The summed E-state index contributed by atoms with van der Waals surface area (Å²) in [5.41, 5.74) is 4.26. The number of allylic oxidation sites excluding steroid dienone is 1. The number of carbonyl (C=O) groups is 1. The van der Waals surface area contributed by atoms with Crippen molar-refractivity contribution in [2.75, 3.05) is 0 Å². The zero-order valence-corrected chi connectivity index (χ0v) is 14.9. The van der Waals surface area contributed by atoms with Crippen LogP contribution in [0, 0.1) is 13.8 Å². The maximum atomic E-state index is 9.69. The molecule has 0 amide bonds. The van der Waals surface area contributed by atoms with E-state index in [1.807, 2.05) is 13.8 Å². The van der Waals surface area contributed by atoms with Gasteiger partial charge in [-0.05, 0) is 61.6 Å². The summed E-state index contributed by atoms with van der Waals surface area (Å²) in [6.45, 7) is 17.5. The SMILES string of the molecule is C=CC(C)=O.CC.Cc1cc(Br)cc(C)c1C(C)C. The fourth-order valence-corrected chi connectivity index (χ4v) is 2.52. The number of hydrogen-bond donors (Lipinski definition) is 0. The first-order valence-corrected chi connectivity index (χ1v) is 7.48. The van der Waals surface area contributed by atoms with Gasteiger partial charge in [-0.15, -0.1) is 0 Å². The number of carbonyl (C=O) groups excluding carboxylic acids is 1. The molecule has 1 aromatic rings. The van der Waals surface area contributed by atoms with E-state index in [4.69, 9.17) is 0 Å². The Morgan fingerprint density at radius 2 is 1.53 bits per heavy atom. The molecule has 1 aromatic carbocycles. The Morgan fingerprint density at radius 3 is 1.74 bits per heavy atom. The van der Waals surface area contributed by atoms with Crippen molar-refractivity contribution in [2.45, 2.75) is 54.4 Å². The second-order valence-corrected chi connectivity index (χ2v) is 5.34. The third-order valence-corrected chi connectivity index (χ3v) is 2.88. The maximum Gasteiger partial charge on any atom is 0.152 e. The van der Waals surface area contributed by atoms with Crippen molar-refractivity contribution in [3.8, 4) is 0 Å². The van der Waals surface area contributed by atoms with E-state index in [-0.39, 0.29) is 5.78 Å². The first-order valence-electron chi connectivity index (χ1n) is 6.69. The molecule has 2 heteroatoms. The fourth-order valence-electron chi connectivity index (χ4n) is 1.83. The van der Waals surface area contributed by atoms with Crippen LogP contribution in [-0.2, 0) is 4.79 Å². The summed E-state index contributed by atoms with van der Waals surface area (Å²) in [5.74, 6) is 0.642. The standard InChI is InChI=1S/C11H15Br.C4H6O.C2H6/c1-7(2)11-8(3)5-10(12)6-9(11)4;1-3-4(2)5;1-2/h5-7H,1-4H3;3H,1H2,2H3;1-2H3. The normalized spacial score (nSPS) is 8.89. The van der Waals surface area contributed by atoms with Crippen LogP contribution in [0.5, 0.6) is 0 Å². The predicted molar refractivity (Wildman–Crippen MR) is 89.9 cm³/mol. The van der Waals surface area contributed by atoms with Gasteiger partial charge in [0.1, 0.15) is 0 Å². The molecule has 0 saturated heterocycles. The molecule has 0 bridgehead atoms. The van der Waals surface area contributed by atoms with Gasteiger partial charge in [-0.2, -0.15) is 0 Å². The summed E-state index contributed by atoms with van der Waals surface area (Å²) < 4.78 is 1.18. The second kappa shape index (κ2) is 11.0. The van der Waals surface area contributed by atoms with Gasteiger partial charge in [0.25, 0.3) is 0 Å². The van der Waals surface area contributed by atoms with E-state index >= 15 is 0 Å². The van der Waals surface area contributed by atoms with Gasteiger partial charge in [0.2, 0.25) is 0 Å². The van der Waals surface area contributed by atoms with Gasteiger partial charge in [-0.1, -0.05) is 50.2 Å². The van der Waals surface area contributed by atoms with Gasteiger partial charge in [-0.3, -0.25) is 4.79 Å². The summed E-state index contributed by atoms with van der Waals surface area (Å²) in [5, 5.41) is 0. The minimum absolute atomic E-state index is 0.0185. The van der Waals surface area contributed by atoms with E-state index < -0.39 is 0 Å². The quantitative estimate of drug-likeness (QED) is 0.611. The Hall–Kier alpha value is -0.890. The van der Waals surface area contributed by atoms with Gasteiger partial charge in [0.05, 0.1) is 0 Å². The van der Waals surface area contributed by atoms with Gasteiger partial charge in [-0.25, -0.2) is 0 Å². The van der Waals surface area contributed by atoms with Crippen LogP contribution in [0.15, 0.2) is 29.3 Å². The molecule has 0 aliphatic rings. The lowest BCUT2D eigenvalue weighted by Crippen LogP contribution is -1.95. The average molecular weight is 327 g/mol. The maximum absolute atomic E-state index is 9.69. The van der Waals surface area contributed by atoms with E-state index in [2.05, 4.69) is 62.3 Å². The van der Waals surface area contributed by atoms with Crippen LogP contribution in [0.3, 0.4) is 0 Å². The van der Waals surface area contributed by atoms with E-state index in [0.717, 1.165) is 0 Å². The lowest BCUT2D eigenvalue weighted by atomic mass is 9.94. The summed E-state index contributed by atoms with van der Waals surface area (Å²) >= 11 is 3.50. The van der Waals surface area contributed by atoms with Crippen LogP contribution in [0.1, 0.15) is 57.2 Å². The number of aryl methyl sites for hydroxylation is 2. The molecule has 0 aliphatic heterocycles. The molecule has 19 heavy (non-hydrogen) atoms. The zero-order chi connectivity index (χ0) is 15.6. The highest BCUT2D eigenvalue weighted by Gasteiger charge is 2.07. The molecular formula is C17H27BrO. The van der Waals surface area contributed by atoms with Crippen LogP contribution in [0.25, 0.3) is 0 Å². The highest BCUT2D eigenvalue weighted by molar-refractivity contribution is 9.10. The monoisotopic (exact) mass is 326 g/mol. The number of ketones is 1. The number of benzene rings is 1. The van der Waals surface area contributed by atoms with E-state index in [9.17, 15) is 4.79 Å². The van der Waals surface area contributed by atoms with E-state index in [1.165, 1.54) is 34.2 Å². The largest absolute Gasteiger partial charge is 0.295 e. The molecule has 0 aliphatic carbocycles. The number of halogens is 1.